The van der Waals surface area contributed by atoms with Crippen molar-refractivity contribution < 1.29 is 9.84 Å². The van der Waals surface area contributed by atoms with Crippen LogP contribution < -0.4 is 5.32 Å². The summed E-state index contributed by atoms with van der Waals surface area (Å²) in [4.78, 5) is 0. The number of rotatable bonds is 3. The first-order valence-electron chi connectivity index (χ1n) is 4.17. The molecule has 1 aliphatic rings. The number of hydrogen-bond acceptors (Lipinski definition) is 3. The highest BCUT2D eigenvalue weighted by Gasteiger charge is 2.31. The van der Waals surface area contributed by atoms with Gasteiger partial charge in [0.05, 0.1) is 13.2 Å². The molecule has 0 radical (unpaired) electrons. The van der Waals surface area contributed by atoms with Crippen LogP contribution in [-0.2, 0) is 4.74 Å². The summed E-state index contributed by atoms with van der Waals surface area (Å²) in [6.45, 7) is 4.12. The minimum Gasteiger partial charge on any atom is -0.386 e. The number of nitrogens with one attached hydrogen (secondary N) is 1. The maximum absolute atomic E-state index is 9.75. The van der Waals surface area contributed by atoms with Gasteiger partial charge < -0.3 is 15.2 Å². The Morgan fingerprint density at radius 1 is 1.67 bits per heavy atom. The van der Waals surface area contributed by atoms with Crippen molar-refractivity contribution in [1.29, 1.82) is 0 Å². The quantitative estimate of drug-likeness (QED) is 0.452. The van der Waals surface area contributed by atoms with E-state index >= 15 is 0 Å². The molecule has 1 rings (SSSR count). The molecule has 0 bridgehead atoms. The van der Waals surface area contributed by atoms with Gasteiger partial charge in [-0.3, -0.25) is 0 Å². The molecule has 0 aliphatic carbocycles. The summed E-state index contributed by atoms with van der Waals surface area (Å²) in [7, 11) is 0. The Kier molecular flexibility index (Phi) is 3.54. The van der Waals surface area contributed by atoms with E-state index in [1.807, 2.05) is 0 Å². The lowest BCUT2D eigenvalue weighted by Crippen LogP contribution is -2.41. The Balaban J connectivity index is 2.15. The Morgan fingerprint density at radius 3 is 3.08 bits per heavy atom. The molecule has 0 aromatic rings. The smallest absolute Gasteiger partial charge is 0.103 e. The van der Waals surface area contributed by atoms with E-state index in [1.165, 1.54) is 0 Å². The van der Waals surface area contributed by atoms with Crippen LogP contribution in [0.2, 0.25) is 0 Å². The van der Waals surface area contributed by atoms with E-state index in [0.717, 1.165) is 6.42 Å². The molecule has 1 heterocycles. The highest BCUT2D eigenvalue weighted by Crippen LogP contribution is 2.16. The highest BCUT2D eigenvalue weighted by atomic mass is 16.5. The summed E-state index contributed by atoms with van der Waals surface area (Å²) in [5.74, 6) is 5.66. The lowest BCUT2D eigenvalue weighted by atomic mass is 10.0. The molecule has 3 nitrogen and oxygen atoms in total. The Hall–Kier alpha value is -0.560. The van der Waals surface area contributed by atoms with Crippen LogP contribution in [-0.4, -0.2) is 37.0 Å². The second kappa shape index (κ2) is 4.46. The van der Waals surface area contributed by atoms with Gasteiger partial charge in [-0.2, -0.15) is 0 Å². The molecule has 1 saturated heterocycles. The largest absolute Gasteiger partial charge is 0.386 e. The summed E-state index contributed by atoms with van der Waals surface area (Å²) < 4.78 is 5.09. The maximum Gasteiger partial charge on any atom is 0.103 e. The van der Waals surface area contributed by atoms with Crippen molar-refractivity contribution in [1.82, 2.24) is 5.32 Å². The molecule has 3 heteroatoms. The van der Waals surface area contributed by atoms with Gasteiger partial charge in [0.2, 0.25) is 0 Å². The second-order valence-corrected chi connectivity index (χ2v) is 3.06. The first-order valence-corrected chi connectivity index (χ1v) is 4.17. The molecule has 1 fully saturated rings. The van der Waals surface area contributed by atoms with Crippen LogP contribution in [0.3, 0.4) is 0 Å². The van der Waals surface area contributed by atoms with E-state index in [9.17, 15) is 5.11 Å². The van der Waals surface area contributed by atoms with Crippen LogP contribution in [0.15, 0.2) is 0 Å². The summed E-state index contributed by atoms with van der Waals surface area (Å²) in [6.07, 6.45) is 0.722. The van der Waals surface area contributed by atoms with Crippen molar-refractivity contribution in [3.63, 3.8) is 0 Å². The highest BCUT2D eigenvalue weighted by molar-refractivity contribution is 4.98. The fourth-order valence-electron chi connectivity index (χ4n) is 1.18. The predicted octanol–water partition coefficient (Wildman–Crippen LogP) is -0.249. The van der Waals surface area contributed by atoms with Gasteiger partial charge in [0.15, 0.2) is 0 Å². The first kappa shape index (κ1) is 9.53. The van der Waals surface area contributed by atoms with E-state index in [-0.39, 0.29) is 0 Å². The van der Waals surface area contributed by atoms with Crippen molar-refractivity contribution in [2.45, 2.75) is 18.9 Å². The van der Waals surface area contributed by atoms with Crippen molar-refractivity contribution >= 4 is 0 Å². The molecule has 0 aromatic heterocycles. The fourth-order valence-corrected chi connectivity index (χ4v) is 1.18. The zero-order valence-electron chi connectivity index (χ0n) is 7.39. The van der Waals surface area contributed by atoms with E-state index in [2.05, 4.69) is 17.2 Å². The van der Waals surface area contributed by atoms with Gasteiger partial charge in [-0.15, -0.1) is 5.92 Å². The van der Waals surface area contributed by atoms with Crippen LogP contribution >= 0.6 is 0 Å². The van der Waals surface area contributed by atoms with E-state index in [0.29, 0.717) is 26.3 Å². The minimum absolute atomic E-state index is 0.444. The van der Waals surface area contributed by atoms with Gasteiger partial charge in [-0.1, -0.05) is 5.92 Å². The third-order valence-corrected chi connectivity index (χ3v) is 1.93. The van der Waals surface area contributed by atoms with Gasteiger partial charge >= 0.3 is 0 Å². The summed E-state index contributed by atoms with van der Waals surface area (Å²) in [5.41, 5.74) is -0.657. The van der Waals surface area contributed by atoms with Gasteiger partial charge in [-0.25, -0.2) is 0 Å². The summed E-state index contributed by atoms with van der Waals surface area (Å²) in [6, 6.07) is 0. The van der Waals surface area contributed by atoms with Crippen molar-refractivity contribution in [3.05, 3.63) is 0 Å². The molecule has 0 saturated carbocycles. The lowest BCUT2D eigenvalue weighted by molar-refractivity contribution is 0.0280. The zero-order chi connectivity index (χ0) is 8.86. The lowest BCUT2D eigenvalue weighted by Gasteiger charge is -2.19. The van der Waals surface area contributed by atoms with E-state index in [1.54, 1.807) is 6.92 Å². The normalized spacial score (nSPS) is 28.2. The molecule has 2 N–H and O–H groups in total. The molecule has 0 aromatic carbocycles. The predicted molar refractivity (Wildman–Crippen MR) is 46.7 cm³/mol. The Labute approximate surface area is 73.1 Å². The van der Waals surface area contributed by atoms with Crippen molar-refractivity contribution in [3.8, 4) is 11.8 Å². The van der Waals surface area contributed by atoms with E-state index < -0.39 is 5.60 Å². The van der Waals surface area contributed by atoms with Gasteiger partial charge in [0.25, 0.3) is 0 Å². The average molecular weight is 169 g/mol. The second-order valence-electron chi connectivity index (χ2n) is 3.06. The van der Waals surface area contributed by atoms with Crippen molar-refractivity contribution in [2.24, 2.45) is 0 Å². The molecular weight excluding hydrogens is 154 g/mol. The van der Waals surface area contributed by atoms with Gasteiger partial charge in [-0.05, 0) is 6.92 Å². The topological polar surface area (TPSA) is 41.5 Å². The van der Waals surface area contributed by atoms with Crippen LogP contribution in [0.4, 0.5) is 0 Å². The standard InChI is InChI=1S/C9H15NO2/c1-2-3-5-10-7-9(11)4-6-12-8-9/h10-11H,4-8H2,1H3. The van der Waals surface area contributed by atoms with Crippen LogP contribution in [0, 0.1) is 11.8 Å². The SMILES string of the molecule is CC#CCNCC1(O)CCOC1. The first-order chi connectivity index (χ1) is 5.77. The molecule has 1 aliphatic heterocycles. The molecule has 12 heavy (non-hydrogen) atoms. The Morgan fingerprint density at radius 2 is 2.50 bits per heavy atom. The van der Waals surface area contributed by atoms with E-state index in [4.69, 9.17) is 4.74 Å². The van der Waals surface area contributed by atoms with Crippen LogP contribution in [0.5, 0.6) is 0 Å². The third-order valence-electron chi connectivity index (χ3n) is 1.93. The molecule has 1 unspecified atom stereocenters. The van der Waals surface area contributed by atoms with Crippen LogP contribution in [0.1, 0.15) is 13.3 Å². The fraction of sp³-hybridized carbons (Fsp3) is 0.778. The van der Waals surface area contributed by atoms with Crippen LogP contribution in [0.25, 0.3) is 0 Å². The van der Waals surface area contributed by atoms with Gasteiger partial charge in [0, 0.05) is 19.6 Å². The Bertz CT molecular complexity index is 186. The maximum atomic E-state index is 9.75. The summed E-state index contributed by atoms with van der Waals surface area (Å²) >= 11 is 0. The van der Waals surface area contributed by atoms with Gasteiger partial charge in [0.1, 0.15) is 5.60 Å². The number of ether oxygens (including phenoxy) is 1. The number of aliphatic hydroxyl groups is 1. The average Bonchev–Trinajstić information content (AvgIpc) is 2.47. The molecule has 68 valence electrons. The zero-order valence-corrected chi connectivity index (χ0v) is 7.39. The minimum atomic E-state index is -0.657. The number of hydrogen-bond donors (Lipinski definition) is 2. The summed E-state index contributed by atoms with van der Waals surface area (Å²) in [5, 5.41) is 12.8. The molecule has 0 amide bonds. The third kappa shape index (κ3) is 2.82. The molecule has 0 spiro atoms. The molecule has 1 atom stereocenters. The monoisotopic (exact) mass is 169 g/mol. The molecular formula is C9H15NO2. The van der Waals surface area contributed by atoms with Crippen molar-refractivity contribution in [2.75, 3.05) is 26.3 Å².